The lowest BCUT2D eigenvalue weighted by molar-refractivity contribution is -0.0913. The molecule has 1 saturated heterocycles. The van der Waals surface area contributed by atoms with Crippen molar-refractivity contribution in [2.75, 3.05) is 20.2 Å². The van der Waals surface area contributed by atoms with Gasteiger partial charge in [0.2, 0.25) is 0 Å². The van der Waals surface area contributed by atoms with Crippen LogP contribution in [0.2, 0.25) is 0 Å². The molecule has 0 spiro atoms. The maximum absolute atomic E-state index is 11.1. The van der Waals surface area contributed by atoms with Crippen molar-refractivity contribution in [1.29, 1.82) is 0 Å². The van der Waals surface area contributed by atoms with Crippen molar-refractivity contribution in [3.8, 4) is 0 Å². The van der Waals surface area contributed by atoms with E-state index >= 15 is 0 Å². The van der Waals surface area contributed by atoms with Crippen LogP contribution in [0.5, 0.6) is 0 Å². The highest BCUT2D eigenvalue weighted by Gasteiger charge is 2.43. The van der Waals surface area contributed by atoms with E-state index in [2.05, 4.69) is 24.1 Å². The lowest BCUT2D eigenvalue weighted by Crippen LogP contribution is -2.50. The molecule has 1 aromatic carbocycles. The second-order valence-electron chi connectivity index (χ2n) is 5.99. The number of hydrogen-bond acceptors (Lipinski definition) is 3. The van der Waals surface area contributed by atoms with E-state index in [0.717, 1.165) is 24.9 Å². The third kappa shape index (κ3) is 3.16. The van der Waals surface area contributed by atoms with E-state index < -0.39 is 5.60 Å². The van der Waals surface area contributed by atoms with Crippen LogP contribution in [0.4, 0.5) is 0 Å². The Morgan fingerprint density at radius 2 is 2.05 bits per heavy atom. The Labute approximate surface area is 115 Å². The van der Waals surface area contributed by atoms with Gasteiger partial charge < -0.3 is 10.2 Å². The molecule has 1 aliphatic rings. The average Bonchev–Trinajstić information content (AvgIpc) is 2.39. The highest BCUT2D eigenvalue weighted by atomic mass is 16.3. The number of aliphatic hydroxyl groups is 2. The number of hydrogen-bond donors (Lipinski definition) is 2. The maximum atomic E-state index is 11.1. The minimum atomic E-state index is -0.740. The smallest absolute Gasteiger partial charge is 0.0847 e. The van der Waals surface area contributed by atoms with Crippen molar-refractivity contribution in [2.24, 2.45) is 5.92 Å². The molecule has 3 atom stereocenters. The molecule has 0 saturated carbocycles. The van der Waals surface area contributed by atoms with Crippen molar-refractivity contribution < 1.29 is 10.2 Å². The molecule has 1 heterocycles. The van der Waals surface area contributed by atoms with Gasteiger partial charge in [-0.1, -0.05) is 37.3 Å². The molecule has 3 unspecified atom stereocenters. The van der Waals surface area contributed by atoms with Gasteiger partial charge in [0, 0.05) is 6.61 Å². The predicted octanol–water partition coefficient (Wildman–Crippen LogP) is 2.20. The molecule has 1 aliphatic heterocycles. The van der Waals surface area contributed by atoms with E-state index in [0.29, 0.717) is 6.42 Å². The van der Waals surface area contributed by atoms with Crippen molar-refractivity contribution in [3.05, 3.63) is 35.9 Å². The number of piperidine rings is 1. The number of likely N-dealkylation sites (N-methyl/N-ethyl adjacent to an activating group) is 1. The Balaban J connectivity index is 2.28. The topological polar surface area (TPSA) is 43.7 Å². The molecule has 2 N–H and O–H groups in total. The lowest BCUT2D eigenvalue weighted by atomic mass is 9.76. The summed E-state index contributed by atoms with van der Waals surface area (Å²) in [6.45, 7) is 3.14. The molecule has 106 valence electrons. The summed E-state index contributed by atoms with van der Waals surface area (Å²) >= 11 is 0. The average molecular weight is 263 g/mol. The first-order valence-electron chi connectivity index (χ1n) is 7.15. The first kappa shape index (κ1) is 14.5. The normalized spacial score (nSPS) is 30.2. The summed E-state index contributed by atoms with van der Waals surface area (Å²) in [5.41, 5.74) is 0.425. The molecule has 3 heteroatoms. The van der Waals surface area contributed by atoms with Crippen molar-refractivity contribution in [1.82, 2.24) is 4.90 Å². The minimum Gasteiger partial charge on any atom is -0.396 e. The molecule has 1 fully saturated rings. The van der Waals surface area contributed by atoms with Gasteiger partial charge in [-0.3, -0.25) is 4.90 Å². The summed E-state index contributed by atoms with van der Waals surface area (Å²) in [7, 11) is 2.07. The summed E-state index contributed by atoms with van der Waals surface area (Å²) in [6.07, 6.45) is 2.46. The van der Waals surface area contributed by atoms with Gasteiger partial charge in [0.05, 0.1) is 11.6 Å². The molecule has 0 aliphatic carbocycles. The highest BCUT2D eigenvalue weighted by Crippen LogP contribution is 2.41. The Bertz CT molecular complexity index is 395. The van der Waals surface area contributed by atoms with Crippen molar-refractivity contribution in [2.45, 2.75) is 37.8 Å². The van der Waals surface area contributed by atoms with Crippen LogP contribution in [0.25, 0.3) is 0 Å². The minimum absolute atomic E-state index is 0.0245. The molecular weight excluding hydrogens is 238 g/mol. The Kier molecular flexibility index (Phi) is 4.61. The molecule has 0 bridgehead atoms. The summed E-state index contributed by atoms with van der Waals surface area (Å²) < 4.78 is 0. The Morgan fingerprint density at radius 1 is 1.37 bits per heavy atom. The van der Waals surface area contributed by atoms with E-state index in [1.54, 1.807) is 0 Å². The molecule has 19 heavy (non-hydrogen) atoms. The fourth-order valence-corrected chi connectivity index (χ4v) is 3.39. The van der Waals surface area contributed by atoms with Crippen LogP contribution in [0, 0.1) is 5.92 Å². The molecule has 1 aromatic rings. The zero-order valence-electron chi connectivity index (χ0n) is 11.9. The van der Waals surface area contributed by atoms with Crippen LogP contribution < -0.4 is 0 Å². The summed E-state index contributed by atoms with van der Waals surface area (Å²) in [5, 5.41) is 20.4. The predicted molar refractivity (Wildman–Crippen MR) is 76.9 cm³/mol. The van der Waals surface area contributed by atoms with Crippen LogP contribution in [0.15, 0.2) is 30.3 Å². The lowest BCUT2D eigenvalue weighted by Gasteiger charge is -2.47. The molecule has 2 rings (SSSR count). The van der Waals surface area contributed by atoms with Gasteiger partial charge >= 0.3 is 0 Å². The number of aliphatic hydroxyl groups excluding tert-OH is 1. The van der Waals surface area contributed by atoms with Crippen LogP contribution in [-0.4, -0.2) is 40.9 Å². The Morgan fingerprint density at radius 3 is 2.68 bits per heavy atom. The molecule has 0 amide bonds. The second kappa shape index (κ2) is 6.04. The first-order valence-corrected chi connectivity index (χ1v) is 7.15. The molecular formula is C16H25NO2. The molecule has 0 aromatic heterocycles. The third-order valence-corrected chi connectivity index (χ3v) is 4.20. The monoisotopic (exact) mass is 263 g/mol. The third-order valence-electron chi connectivity index (χ3n) is 4.20. The van der Waals surface area contributed by atoms with E-state index in [9.17, 15) is 10.2 Å². The first-order chi connectivity index (χ1) is 9.07. The molecule has 0 radical (unpaired) electrons. The largest absolute Gasteiger partial charge is 0.396 e. The standard InChI is InChI=1S/C16H25NO2/c1-13(12-18)11-16(19)9-6-10-17(2)15(16)14-7-4-3-5-8-14/h3-5,7-8,13,15,18-19H,6,9-12H2,1-2H3. The maximum Gasteiger partial charge on any atom is 0.0847 e. The second-order valence-corrected chi connectivity index (χ2v) is 5.99. The fourth-order valence-electron chi connectivity index (χ4n) is 3.39. The van der Waals surface area contributed by atoms with E-state index in [-0.39, 0.29) is 18.6 Å². The number of likely N-dealkylation sites (tertiary alicyclic amines) is 1. The van der Waals surface area contributed by atoms with E-state index in [4.69, 9.17) is 0 Å². The van der Waals surface area contributed by atoms with Gasteiger partial charge in [-0.2, -0.15) is 0 Å². The van der Waals surface area contributed by atoms with E-state index in [1.807, 2.05) is 25.1 Å². The Hall–Kier alpha value is -0.900. The van der Waals surface area contributed by atoms with Crippen molar-refractivity contribution >= 4 is 0 Å². The zero-order valence-corrected chi connectivity index (χ0v) is 11.9. The van der Waals surface area contributed by atoms with E-state index in [1.165, 1.54) is 0 Å². The van der Waals surface area contributed by atoms with Gasteiger partial charge in [-0.05, 0) is 44.3 Å². The van der Waals surface area contributed by atoms with Gasteiger partial charge in [-0.15, -0.1) is 0 Å². The van der Waals surface area contributed by atoms with Crippen LogP contribution in [0.3, 0.4) is 0 Å². The quantitative estimate of drug-likeness (QED) is 0.875. The van der Waals surface area contributed by atoms with Crippen LogP contribution in [0.1, 0.15) is 37.8 Å². The van der Waals surface area contributed by atoms with Crippen LogP contribution in [-0.2, 0) is 0 Å². The summed E-state index contributed by atoms with van der Waals surface area (Å²) in [6, 6.07) is 10.2. The van der Waals surface area contributed by atoms with Crippen LogP contribution >= 0.6 is 0 Å². The highest BCUT2D eigenvalue weighted by molar-refractivity contribution is 5.23. The number of benzene rings is 1. The van der Waals surface area contributed by atoms with Gasteiger partial charge in [0.25, 0.3) is 0 Å². The summed E-state index contributed by atoms with van der Waals surface area (Å²) in [5.74, 6) is 0.128. The van der Waals surface area contributed by atoms with Gasteiger partial charge in [-0.25, -0.2) is 0 Å². The summed E-state index contributed by atoms with van der Waals surface area (Å²) in [4.78, 5) is 2.24. The SMILES string of the molecule is CC(CO)CC1(O)CCCN(C)C1c1ccccc1. The number of rotatable bonds is 4. The fraction of sp³-hybridized carbons (Fsp3) is 0.625. The van der Waals surface area contributed by atoms with Gasteiger partial charge in [0.1, 0.15) is 0 Å². The van der Waals surface area contributed by atoms with Gasteiger partial charge in [0.15, 0.2) is 0 Å². The van der Waals surface area contributed by atoms with Crippen molar-refractivity contribution in [3.63, 3.8) is 0 Å². The molecule has 3 nitrogen and oxygen atoms in total. The zero-order chi connectivity index (χ0) is 13.9. The number of nitrogens with zero attached hydrogens (tertiary/aromatic N) is 1.